The van der Waals surface area contributed by atoms with Gasteiger partial charge in [0.1, 0.15) is 6.04 Å². The number of carbonyl (C=O) groups is 2. The Hall–Kier alpha value is -1.69. The number of hydrogen-bond donors (Lipinski definition) is 1. The van der Waals surface area contributed by atoms with E-state index in [0.717, 1.165) is 24.0 Å². The number of benzene rings is 2. The predicted octanol–water partition coefficient (Wildman–Crippen LogP) is 5.56. The number of rotatable bonds is 11. The Bertz CT molecular complexity index is 833. The van der Waals surface area contributed by atoms with Gasteiger partial charge in [-0.1, -0.05) is 72.9 Å². The molecule has 0 unspecified atom stereocenters. The largest absolute Gasteiger partial charge is 0.354 e. The van der Waals surface area contributed by atoms with Gasteiger partial charge in [-0.15, -0.1) is 11.8 Å². The molecule has 0 saturated heterocycles. The van der Waals surface area contributed by atoms with E-state index in [9.17, 15) is 9.59 Å². The molecule has 0 aliphatic carbocycles. The molecule has 1 atom stereocenters. The van der Waals surface area contributed by atoms with Crippen LogP contribution in [0.15, 0.2) is 48.5 Å². The van der Waals surface area contributed by atoms with E-state index >= 15 is 0 Å². The van der Waals surface area contributed by atoms with Crippen LogP contribution in [0.4, 0.5) is 0 Å². The maximum absolute atomic E-state index is 13.0. The van der Waals surface area contributed by atoms with Crippen molar-refractivity contribution in [1.82, 2.24) is 10.2 Å². The van der Waals surface area contributed by atoms with Gasteiger partial charge in [0.05, 0.1) is 15.8 Å². The zero-order valence-corrected chi connectivity index (χ0v) is 19.7. The zero-order valence-electron chi connectivity index (χ0n) is 17.4. The van der Waals surface area contributed by atoms with Crippen molar-refractivity contribution in [3.8, 4) is 0 Å². The minimum atomic E-state index is -0.542. The average Bonchev–Trinajstić information content (AvgIpc) is 2.74. The van der Waals surface area contributed by atoms with E-state index in [0.29, 0.717) is 28.9 Å². The molecule has 0 saturated carbocycles. The SMILES string of the molecule is CCCCNC(=O)[C@H](C)N(Cc1ccccc1)C(=O)CSCc1ccc(Cl)c(Cl)c1. The number of thioether (sulfide) groups is 1. The smallest absolute Gasteiger partial charge is 0.242 e. The first-order chi connectivity index (χ1) is 14.4. The van der Waals surface area contributed by atoms with Gasteiger partial charge in [-0.3, -0.25) is 9.59 Å². The Kier molecular flexibility index (Phi) is 10.6. The highest BCUT2D eigenvalue weighted by atomic mass is 35.5. The monoisotopic (exact) mass is 466 g/mol. The van der Waals surface area contributed by atoms with Crippen LogP contribution in [0.25, 0.3) is 0 Å². The topological polar surface area (TPSA) is 49.4 Å². The van der Waals surface area contributed by atoms with Crippen LogP contribution in [0.3, 0.4) is 0 Å². The van der Waals surface area contributed by atoms with Gasteiger partial charge >= 0.3 is 0 Å². The van der Waals surface area contributed by atoms with Gasteiger partial charge in [0.25, 0.3) is 0 Å². The lowest BCUT2D eigenvalue weighted by Crippen LogP contribution is -2.48. The molecule has 2 aromatic rings. The van der Waals surface area contributed by atoms with Gasteiger partial charge in [0, 0.05) is 18.8 Å². The van der Waals surface area contributed by atoms with Crippen LogP contribution in [-0.2, 0) is 21.9 Å². The van der Waals surface area contributed by atoms with Gasteiger partial charge in [0.2, 0.25) is 11.8 Å². The Morgan fingerprint density at radius 1 is 1.07 bits per heavy atom. The summed E-state index contributed by atoms with van der Waals surface area (Å²) in [5.41, 5.74) is 2.00. The summed E-state index contributed by atoms with van der Waals surface area (Å²) in [6.45, 7) is 4.88. The van der Waals surface area contributed by atoms with Crippen LogP contribution in [0.5, 0.6) is 0 Å². The highest BCUT2D eigenvalue weighted by molar-refractivity contribution is 7.99. The molecule has 4 nitrogen and oxygen atoms in total. The van der Waals surface area contributed by atoms with Crippen LogP contribution >= 0.6 is 35.0 Å². The fourth-order valence-electron chi connectivity index (χ4n) is 2.87. The molecular formula is C23H28Cl2N2O2S. The second-order valence-corrected chi connectivity index (χ2v) is 8.87. The van der Waals surface area contributed by atoms with Crippen LogP contribution < -0.4 is 5.32 Å². The summed E-state index contributed by atoms with van der Waals surface area (Å²) >= 11 is 13.5. The van der Waals surface area contributed by atoms with E-state index in [1.807, 2.05) is 42.5 Å². The minimum Gasteiger partial charge on any atom is -0.354 e. The summed E-state index contributed by atoms with van der Waals surface area (Å²) in [6.07, 6.45) is 1.93. The second kappa shape index (κ2) is 12.9. The van der Waals surface area contributed by atoms with Crippen molar-refractivity contribution in [3.05, 3.63) is 69.7 Å². The van der Waals surface area contributed by atoms with E-state index in [1.165, 1.54) is 11.8 Å². The fourth-order valence-corrected chi connectivity index (χ4v) is 4.05. The molecule has 2 amide bonds. The minimum absolute atomic E-state index is 0.0675. The number of nitrogens with zero attached hydrogens (tertiary/aromatic N) is 1. The number of halogens is 2. The number of nitrogens with one attached hydrogen (secondary N) is 1. The summed E-state index contributed by atoms with van der Waals surface area (Å²) in [7, 11) is 0. The lowest BCUT2D eigenvalue weighted by Gasteiger charge is -2.28. The van der Waals surface area contributed by atoms with Crippen LogP contribution in [-0.4, -0.2) is 35.1 Å². The average molecular weight is 467 g/mol. The predicted molar refractivity (Wildman–Crippen MR) is 127 cm³/mol. The number of amides is 2. The van der Waals surface area contributed by atoms with Crippen molar-refractivity contribution in [3.63, 3.8) is 0 Å². The molecule has 0 aromatic heterocycles. The van der Waals surface area contributed by atoms with E-state index in [2.05, 4.69) is 12.2 Å². The number of carbonyl (C=O) groups excluding carboxylic acids is 2. The van der Waals surface area contributed by atoms with Crippen molar-refractivity contribution in [2.45, 2.75) is 45.0 Å². The van der Waals surface area contributed by atoms with Gasteiger partial charge < -0.3 is 10.2 Å². The first-order valence-electron chi connectivity index (χ1n) is 10.0. The molecule has 0 bridgehead atoms. The van der Waals surface area contributed by atoms with E-state index in [4.69, 9.17) is 23.2 Å². The molecule has 1 N–H and O–H groups in total. The third-order valence-corrected chi connectivity index (χ3v) is 6.40. The number of hydrogen-bond acceptors (Lipinski definition) is 3. The molecule has 0 radical (unpaired) electrons. The van der Waals surface area contributed by atoms with Crippen LogP contribution in [0, 0.1) is 0 Å². The third kappa shape index (κ3) is 7.86. The van der Waals surface area contributed by atoms with Crippen molar-refractivity contribution >= 4 is 46.8 Å². The Balaban J connectivity index is 2.01. The lowest BCUT2D eigenvalue weighted by molar-refractivity contribution is -0.138. The molecule has 0 aliphatic rings. The summed E-state index contributed by atoms with van der Waals surface area (Å²) < 4.78 is 0. The number of unbranched alkanes of at least 4 members (excludes halogenated alkanes) is 1. The third-order valence-electron chi connectivity index (χ3n) is 4.67. The summed E-state index contributed by atoms with van der Waals surface area (Å²) in [5, 5.41) is 3.95. The summed E-state index contributed by atoms with van der Waals surface area (Å²) in [4.78, 5) is 27.2. The van der Waals surface area contributed by atoms with Crippen molar-refractivity contribution in [2.75, 3.05) is 12.3 Å². The molecule has 0 aliphatic heterocycles. The fraction of sp³-hybridized carbons (Fsp3) is 0.391. The summed E-state index contributed by atoms with van der Waals surface area (Å²) in [5.74, 6) is 0.725. The lowest BCUT2D eigenvalue weighted by atomic mass is 10.1. The summed E-state index contributed by atoms with van der Waals surface area (Å²) in [6, 6.07) is 14.7. The highest BCUT2D eigenvalue weighted by Gasteiger charge is 2.25. The molecule has 0 fully saturated rings. The standard InChI is InChI=1S/C23H28Cl2N2O2S/c1-3-4-12-26-23(29)17(2)27(14-18-8-6-5-7-9-18)22(28)16-30-15-19-10-11-20(24)21(25)13-19/h5-11,13,17H,3-4,12,14-16H2,1-2H3,(H,26,29)/t17-/m0/s1. The van der Waals surface area contributed by atoms with Crippen LogP contribution in [0.1, 0.15) is 37.8 Å². The second-order valence-electron chi connectivity index (χ2n) is 7.07. The highest BCUT2D eigenvalue weighted by Crippen LogP contribution is 2.25. The molecule has 0 spiro atoms. The van der Waals surface area contributed by atoms with Crippen LogP contribution in [0.2, 0.25) is 10.0 Å². The quantitative estimate of drug-likeness (QED) is 0.440. The van der Waals surface area contributed by atoms with Gasteiger partial charge in [0.15, 0.2) is 0 Å². The van der Waals surface area contributed by atoms with Gasteiger partial charge in [-0.2, -0.15) is 0 Å². The normalized spacial score (nSPS) is 11.7. The molecule has 2 aromatic carbocycles. The molecule has 162 valence electrons. The maximum Gasteiger partial charge on any atom is 0.242 e. The molecular weight excluding hydrogens is 439 g/mol. The Morgan fingerprint density at radius 3 is 2.47 bits per heavy atom. The maximum atomic E-state index is 13.0. The zero-order chi connectivity index (χ0) is 21.9. The van der Waals surface area contributed by atoms with E-state index in [-0.39, 0.29) is 17.6 Å². The van der Waals surface area contributed by atoms with E-state index < -0.39 is 6.04 Å². The molecule has 7 heteroatoms. The Morgan fingerprint density at radius 2 is 1.80 bits per heavy atom. The molecule has 0 heterocycles. The van der Waals surface area contributed by atoms with Crippen molar-refractivity contribution < 1.29 is 9.59 Å². The first kappa shape index (κ1) is 24.6. The molecule has 30 heavy (non-hydrogen) atoms. The van der Waals surface area contributed by atoms with Gasteiger partial charge in [-0.05, 0) is 36.6 Å². The van der Waals surface area contributed by atoms with Crippen molar-refractivity contribution in [2.24, 2.45) is 0 Å². The van der Waals surface area contributed by atoms with Gasteiger partial charge in [-0.25, -0.2) is 0 Å². The Labute approximate surface area is 193 Å². The first-order valence-corrected chi connectivity index (χ1v) is 12.0. The van der Waals surface area contributed by atoms with Crippen molar-refractivity contribution in [1.29, 1.82) is 0 Å². The van der Waals surface area contributed by atoms with E-state index in [1.54, 1.807) is 17.9 Å². The molecule has 2 rings (SSSR count).